The Labute approximate surface area is 118 Å². The van der Waals surface area contributed by atoms with E-state index in [4.69, 9.17) is 5.26 Å². The standard InChI is InChI=1S/C14H19N3OS/c1-11(17(2)8-9-19-3)14(18)16-13-7-5-4-6-12(13)10-15/h4-7,11H,8-9H2,1-3H3,(H,16,18). The number of likely N-dealkylation sites (N-methyl/N-ethyl adjacent to an activating group) is 1. The second-order valence-electron chi connectivity index (χ2n) is 4.30. The molecule has 1 aromatic carbocycles. The van der Waals surface area contributed by atoms with E-state index in [1.54, 1.807) is 36.0 Å². The topological polar surface area (TPSA) is 56.1 Å². The molecule has 0 saturated heterocycles. The fourth-order valence-corrected chi connectivity index (χ4v) is 2.03. The van der Waals surface area contributed by atoms with Crippen molar-refractivity contribution in [3.05, 3.63) is 29.8 Å². The summed E-state index contributed by atoms with van der Waals surface area (Å²) in [5, 5.41) is 11.8. The van der Waals surface area contributed by atoms with Crippen LogP contribution in [-0.2, 0) is 4.79 Å². The minimum atomic E-state index is -0.223. The molecule has 0 aromatic heterocycles. The molecule has 0 bridgehead atoms. The number of amides is 1. The molecular weight excluding hydrogens is 258 g/mol. The maximum Gasteiger partial charge on any atom is 0.241 e. The Bertz CT molecular complexity index is 470. The maximum atomic E-state index is 12.1. The van der Waals surface area contributed by atoms with Gasteiger partial charge in [-0.3, -0.25) is 9.69 Å². The number of nitrogens with one attached hydrogen (secondary N) is 1. The third kappa shape index (κ3) is 4.58. The van der Waals surface area contributed by atoms with Crippen molar-refractivity contribution in [2.45, 2.75) is 13.0 Å². The first kappa shape index (κ1) is 15.5. The van der Waals surface area contributed by atoms with Gasteiger partial charge in [-0.2, -0.15) is 17.0 Å². The van der Waals surface area contributed by atoms with Crippen LogP contribution in [0.15, 0.2) is 24.3 Å². The summed E-state index contributed by atoms with van der Waals surface area (Å²) in [6.07, 6.45) is 2.04. The quantitative estimate of drug-likeness (QED) is 0.866. The summed E-state index contributed by atoms with van der Waals surface area (Å²) in [5.41, 5.74) is 1.05. The number of nitriles is 1. The minimum Gasteiger partial charge on any atom is -0.324 e. The van der Waals surface area contributed by atoms with Gasteiger partial charge >= 0.3 is 0 Å². The summed E-state index contributed by atoms with van der Waals surface area (Å²) in [4.78, 5) is 14.1. The largest absolute Gasteiger partial charge is 0.324 e. The number of para-hydroxylation sites is 1. The molecule has 1 amide bonds. The molecule has 0 spiro atoms. The van der Waals surface area contributed by atoms with E-state index in [9.17, 15) is 4.79 Å². The number of thioether (sulfide) groups is 1. The molecular formula is C14H19N3OS. The number of carbonyl (C=O) groups excluding carboxylic acids is 1. The van der Waals surface area contributed by atoms with Crippen molar-refractivity contribution < 1.29 is 4.79 Å². The van der Waals surface area contributed by atoms with Gasteiger partial charge in [0.15, 0.2) is 0 Å². The van der Waals surface area contributed by atoms with E-state index >= 15 is 0 Å². The average molecular weight is 277 g/mol. The average Bonchev–Trinajstić information content (AvgIpc) is 2.44. The lowest BCUT2D eigenvalue weighted by atomic mass is 10.2. The van der Waals surface area contributed by atoms with Crippen LogP contribution in [-0.4, -0.2) is 42.4 Å². The van der Waals surface area contributed by atoms with E-state index in [1.807, 2.05) is 25.1 Å². The van der Waals surface area contributed by atoms with Gasteiger partial charge in [0.1, 0.15) is 6.07 Å². The molecule has 4 nitrogen and oxygen atoms in total. The number of anilines is 1. The number of hydrogen-bond acceptors (Lipinski definition) is 4. The molecule has 0 fully saturated rings. The first-order chi connectivity index (χ1) is 9.10. The molecule has 1 N–H and O–H groups in total. The lowest BCUT2D eigenvalue weighted by Gasteiger charge is -2.23. The SMILES string of the molecule is CSCCN(C)C(C)C(=O)Nc1ccccc1C#N. The third-order valence-corrected chi connectivity index (χ3v) is 3.58. The molecule has 0 heterocycles. The number of benzene rings is 1. The fourth-order valence-electron chi connectivity index (χ4n) is 1.56. The molecule has 1 atom stereocenters. The monoisotopic (exact) mass is 277 g/mol. The molecule has 0 radical (unpaired) electrons. The summed E-state index contributed by atoms with van der Waals surface area (Å²) in [6.45, 7) is 2.72. The number of carbonyl (C=O) groups is 1. The first-order valence-corrected chi connectivity index (χ1v) is 7.48. The van der Waals surface area contributed by atoms with Crippen molar-refractivity contribution in [3.8, 4) is 6.07 Å². The van der Waals surface area contributed by atoms with Crippen LogP contribution in [0.3, 0.4) is 0 Å². The van der Waals surface area contributed by atoms with Crippen LogP contribution in [0.5, 0.6) is 0 Å². The van der Waals surface area contributed by atoms with E-state index in [0.29, 0.717) is 11.3 Å². The molecule has 102 valence electrons. The van der Waals surface area contributed by atoms with Gasteiger partial charge in [-0.05, 0) is 32.4 Å². The van der Waals surface area contributed by atoms with Crippen LogP contribution in [0.25, 0.3) is 0 Å². The predicted octanol–water partition coefficient (Wildman–Crippen LogP) is 2.18. The zero-order valence-corrected chi connectivity index (χ0v) is 12.3. The molecule has 1 unspecified atom stereocenters. The van der Waals surface area contributed by atoms with Crippen molar-refractivity contribution in [1.82, 2.24) is 4.90 Å². The Balaban J connectivity index is 2.66. The lowest BCUT2D eigenvalue weighted by molar-refractivity contribution is -0.120. The summed E-state index contributed by atoms with van der Waals surface area (Å²) in [5.74, 6) is 0.898. The number of rotatable bonds is 6. The smallest absolute Gasteiger partial charge is 0.241 e. The normalized spacial score (nSPS) is 11.9. The van der Waals surface area contributed by atoms with Gasteiger partial charge in [-0.15, -0.1) is 0 Å². The number of nitrogens with zero attached hydrogens (tertiary/aromatic N) is 2. The summed E-state index contributed by atoms with van der Waals surface area (Å²) >= 11 is 1.75. The zero-order chi connectivity index (χ0) is 14.3. The molecule has 5 heteroatoms. The van der Waals surface area contributed by atoms with Crippen molar-refractivity contribution in [2.75, 3.05) is 30.9 Å². The molecule has 0 saturated carbocycles. The van der Waals surface area contributed by atoms with E-state index in [-0.39, 0.29) is 11.9 Å². The van der Waals surface area contributed by atoms with Crippen LogP contribution in [0.2, 0.25) is 0 Å². The van der Waals surface area contributed by atoms with Crippen molar-refractivity contribution in [3.63, 3.8) is 0 Å². The lowest BCUT2D eigenvalue weighted by Crippen LogP contribution is -2.40. The Morgan fingerprint density at radius 3 is 2.84 bits per heavy atom. The Morgan fingerprint density at radius 2 is 2.21 bits per heavy atom. The van der Waals surface area contributed by atoms with Gasteiger partial charge < -0.3 is 5.32 Å². The minimum absolute atomic E-state index is 0.0914. The Hall–Kier alpha value is -1.51. The molecule has 0 aliphatic rings. The van der Waals surface area contributed by atoms with Gasteiger partial charge in [0.25, 0.3) is 0 Å². The maximum absolute atomic E-state index is 12.1. The molecule has 1 rings (SSSR count). The fraction of sp³-hybridized carbons (Fsp3) is 0.429. The molecule has 1 aromatic rings. The van der Waals surface area contributed by atoms with Crippen molar-refractivity contribution >= 4 is 23.4 Å². The zero-order valence-electron chi connectivity index (χ0n) is 11.5. The second-order valence-corrected chi connectivity index (χ2v) is 5.28. The van der Waals surface area contributed by atoms with E-state index < -0.39 is 0 Å². The highest BCUT2D eigenvalue weighted by atomic mass is 32.2. The van der Waals surface area contributed by atoms with Crippen LogP contribution in [0, 0.1) is 11.3 Å². The van der Waals surface area contributed by atoms with Gasteiger partial charge in [-0.1, -0.05) is 12.1 Å². The van der Waals surface area contributed by atoms with E-state index in [2.05, 4.69) is 11.4 Å². The van der Waals surface area contributed by atoms with Crippen LogP contribution in [0.1, 0.15) is 12.5 Å². The van der Waals surface area contributed by atoms with E-state index in [0.717, 1.165) is 12.3 Å². The summed E-state index contributed by atoms with van der Waals surface area (Å²) in [7, 11) is 1.93. The third-order valence-electron chi connectivity index (χ3n) is 2.99. The molecule has 19 heavy (non-hydrogen) atoms. The Kier molecular flexibility index (Phi) is 6.40. The first-order valence-electron chi connectivity index (χ1n) is 6.09. The highest BCUT2D eigenvalue weighted by molar-refractivity contribution is 7.98. The van der Waals surface area contributed by atoms with Gasteiger partial charge in [0, 0.05) is 12.3 Å². The van der Waals surface area contributed by atoms with Crippen LogP contribution in [0.4, 0.5) is 5.69 Å². The summed E-state index contributed by atoms with van der Waals surface area (Å²) < 4.78 is 0. The molecule has 0 aliphatic heterocycles. The van der Waals surface area contributed by atoms with Gasteiger partial charge in [0.05, 0.1) is 17.3 Å². The van der Waals surface area contributed by atoms with Crippen molar-refractivity contribution in [1.29, 1.82) is 5.26 Å². The van der Waals surface area contributed by atoms with Crippen LogP contribution < -0.4 is 5.32 Å². The highest BCUT2D eigenvalue weighted by Gasteiger charge is 2.18. The Morgan fingerprint density at radius 1 is 1.53 bits per heavy atom. The highest BCUT2D eigenvalue weighted by Crippen LogP contribution is 2.14. The van der Waals surface area contributed by atoms with Gasteiger partial charge in [0.2, 0.25) is 5.91 Å². The summed E-state index contributed by atoms with van der Waals surface area (Å²) in [6, 6.07) is 8.87. The van der Waals surface area contributed by atoms with Gasteiger partial charge in [-0.25, -0.2) is 0 Å². The predicted molar refractivity (Wildman–Crippen MR) is 80.3 cm³/mol. The second kappa shape index (κ2) is 7.82. The van der Waals surface area contributed by atoms with Crippen molar-refractivity contribution in [2.24, 2.45) is 0 Å². The molecule has 0 aliphatic carbocycles. The number of hydrogen-bond donors (Lipinski definition) is 1. The van der Waals surface area contributed by atoms with E-state index in [1.165, 1.54) is 0 Å². The van der Waals surface area contributed by atoms with Crippen LogP contribution >= 0.6 is 11.8 Å².